The third kappa shape index (κ3) is 3.54. The zero-order valence-electron chi connectivity index (χ0n) is 10.3. The van der Waals surface area contributed by atoms with E-state index in [1.54, 1.807) is 12.1 Å². The van der Waals surface area contributed by atoms with Crippen molar-refractivity contribution in [3.05, 3.63) is 68.5 Å². The Kier molecular flexibility index (Phi) is 4.16. The van der Waals surface area contributed by atoms with Gasteiger partial charge in [-0.3, -0.25) is 9.59 Å². The number of pyridine rings is 1. The largest absolute Gasteiger partial charge is 0.344 e. The second-order valence-electron chi connectivity index (χ2n) is 4.18. The summed E-state index contributed by atoms with van der Waals surface area (Å²) in [4.78, 5) is 25.6. The number of benzene rings is 1. The summed E-state index contributed by atoms with van der Waals surface area (Å²) < 4.78 is 0.988. The highest BCUT2D eigenvalue weighted by atomic mass is 79.9. The number of aromatic amines is 1. The summed E-state index contributed by atoms with van der Waals surface area (Å²) in [7, 11) is 0. The lowest BCUT2D eigenvalue weighted by atomic mass is 10.1. The second-order valence-corrected chi connectivity index (χ2v) is 5.09. The summed E-state index contributed by atoms with van der Waals surface area (Å²) >= 11 is 3.36. The Morgan fingerprint density at radius 2 is 1.89 bits per heavy atom. The first kappa shape index (κ1) is 13.5. The molecule has 0 aliphatic carbocycles. The van der Waals surface area contributed by atoms with Crippen molar-refractivity contribution in [3.8, 4) is 0 Å². The Balaban J connectivity index is 2.10. The topological polar surface area (TPSA) is 62.0 Å². The van der Waals surface area contributed by atoms with Crippen LogP contribution in [0.5, 0.6) is 0 Å². The first-order chi connectivity index (χ1) is 9.06. The molecule has 2 aromatic rings. The third-order valence-corrected chi connectivity index (χ3v) is 3.26. The van der Waals surface area contributed by atoms with E-state index in [1.165, 1.54) is 6.07 Å². The molecule has 4 nitrogen and oxygen atoms in total. The van der Waals surface area contributed by atoms with Crippen molar-refractivity contribution in [2.45, 2.75) is 13.0 Å². The molecule has 0 saturated carbocycles. The van der Waals surface area contributed by atoms with E-state index in [2.05, 4.69) is 26.2 Å². The van der Waals surface area contributed by atoms with E-state index in [-0.39, 0.29) is 23.2 Å². The minimum absolute atomic E-state index is 0.135. The Hall–Kier alpha value is -1.88. The number of amides is 1. The Morgan fingerprint density at radius 3 is 2.53 bits per heavy atom. The Morgan fingerprint density at radius 1 is 1.21 bits per heavy atom. The van der Waals surface area contributed by atoms with E-state index in [4.69, 9.17) is 0 Å². The highest BCUT2D eigenvalue weighted by molar-refractivity contribution is 9.10. The maximum absolute atomic E-state index is 12.0. The van der Waals surface area contributed by atoms with Gasteiger partial charge in [0.05, 0.1) is 6.04 Å². The van der Waals surface area contributed by atoms with Crippen molar-refractivity contribution in [2.75, 3.05) is 0 Å². The highest BCUT2D eigenvalue weighted by Gasteiger charge is 2.11. The van der Waals surface area contributed by atoms with Crippen LogP contribution in [0.15, 0.2) is 51.7 Å². The van der Waals surface area contributed by atoms with Crippen LogP contribution in [0.1, 0.15) is 29.0 Å². The van der Waals surface area contributed by atoms with Crippen LogP contribution < -0.4 is 10.9 Å². The van der Waals surface area contributed by atoms with Crippen LogP contribution in [0, 0.1) is 0 Å². The minimum Gasteiger partial charge on any atom is -0.344 e. The Labute approximate surface area is 119 Å². The first-order valence-electron chi connectivity index (χ1n) is 5.82. The molecule has 2 N–H and O–H groups in total. The van der Waals surface area contributed by atoms with Gasteiger partial charge in [0.1, 0.15) is 5.69 Å². The van der Waals surface area contributed by atoms with Crippen LogP contribution in [-0.2, 0) is 0 Å². The molecule has 1 aromatic carbocycles. The molecule has 98 valence electrons. The van der Waals surface area contributed by atoms with E-state index >= 15 is 0 Å². The molecule has 0 aliphatic heterocycles. The first-order valence-corrected chi connectivity index (χ1v) is 6.61. The number of hydrogen-bond acceptors (Lipinski definition) is 2. The summed E-state index contributed by atoms with van der Waals surface area (Å²) in [5.41, 5.74) is 0.968. The molecule has 0 aliphatic rings. The van der Waals surface area contributed by atoms with Crippen LogP contribution in [-0.4, -0.2) is 10.9 Å². The van der Waals surface area contributed by atoms with Gasteiger partial charge in [-0.2, -0.15) is 0 Å². The van der Waals surface area contributed by atoms with E-state index in [9.17, 15) is 9.59 Å². The maximum atomic E-state index is 12.0. The van der Waals surface area contributed by atoms with Crippen molar-refractivity contribution in [1.82, 2.24) is 10.3 Å². The van der Waals surface area contributed by atoms with Gasteiger partial charge in [0.2, 0.25) is 5.56 Å². The standard InChI is InChI=1S/C14H13BrN2O2/c1-9(10-5-7-11(15)8-6-10)16-14(19)12-3-2-4-13(18)17-12/h2-9H,1H3,(H,16,19)(H,17,18)/t9-/m1/s1. The summed E-state index contributed by atoms with van der Waals surface area (Å²) in [6.45, 7) is 1.89. The number of hydrogen-bond donors (Lipinski definition) is 2. The quantitative estimate of drug-likeness (QED) is 0.913. The second kappa shape index (κ2) is 5.84. The molecule has 1 amide bonds. The summed E-state index contributed by atoms with van der Waals surface area (Å²) in [6.07, 6.45) is 0. The fraction of sp³-hybridized carbons (Fsp3) is 0.143. The molecule has 1 atom stereocenters. The molecule has 0 bridgehead atoms. The molecule has 0 spiro atoms. The zero-order chi connectivity index (χ0) is 13.8. The molecule has 0 unspecified atom stereocenters. The molecular weight excluding hydrogens is 308 g/mol. The van der Waals surface area contributed by atoms with Gasteiger partial charge in [0.25, 0.3) is 5.91 Å². The van der Waals surface area contributed by atoms with Crippen molar-refractivity contribution >= 4 is 21.8 Å². The van der Waals surface area contributed by atoms with E-state index < -0.39 is 0 Å². The molecule has 1 aromatic heterocycles. The number of carbonyl (C=O) groups excluding carboxylic acids is 1. The van der Waals surface area contributed by atoms with Crippen molar-refractivity contribution in [3.63, 3.8) is 0 Å². The molecule has 19 heavy (non-hydrogen) atoms. The van der Waals surface area contributed by atoms with Crippen LogP contribution in [0.2, 0.25) is 0 Å². The van der Waals surface area contributed by atoms with E-state index in [1.807, 2.05) is 31.2 Å². The van der Waals surface area contributed by atoms with Gasteiger partial charge in [-0.05, 0) is 30.7 Å². The van der Waals surface area contributed by atoms with Crippen LogP contribution in [0.3, 0.4) is 0 Å². The minimum atomic E-state index is -0.298. The van der Waals surface area contributed by atoms with E-state index in [0.717, 1.165) is 10.0 Å². The fourth-order valence-corrected chi connectivity index (χ4v) is 1.95. The molecule has 2 rings (SSSR count). The zero-order valence-corrected chi connectivity index (χ0v) is 11.9. The molecule has 0 fully saturated rings. The van der Waals surface area contributed by atoms with Crippen LogP contribution in [0.25, 0.3) is 0 Å². The summed E-state index contributed by atoms with van der Waals surface area (Å²) in [6, 6.07) is 12.1. The monoisotopic (exact) mass is 320 g/mol. The predicted octanol–water partition coefficient (Wildman–Crippen LogP) is 2.63. The lowest BCUT2D eigenvalue weighted by Crippen LogP contribution is -2.28. The molecular formula is C14H13BrN2O2. The number of rotatable bonds is 3. The summed E-state index contributed by atoms with van der Waals surface area (Å²) in [5, 5.41) is 2.83. The van der Waals surface area contributed by atoms with E-state index in [0.29, 0.717) is 0 Å². The van der Waals surface area contributed by atoms with Gasteiger partial charge in [0, 0.05) is 10.5 Å². The number of carbonyl (C=O) groups is 1. The molecule has 0 radical (unpaired) electrons. The lowest BCUT2D eigenvalue weighted by Gasteiger charge is -2.14. The van der Waals surface area contributed by atoms with Crippen molar-refractivity contribution in [1.29, 1.82) is 0 Å². The average Bonchev–Trinajstić information content (AvgIpc) is 2.39. The third-order valence-electron chi connectivity index (χ3n) is 2.73. The SMILES string of the molecule is C[C@@H](NC(=O)c1cccc(=O)[nH]1)c1ccc(Br)cc1. The number of nitrogens with one attached hydrogen (secondary N) is 2. The van der Waals surface area contributed by atoms with Gasteiger partial charge in [-0.1, -0.05) is 34.1 Å². The number of halogens is 1. The smallest absolute Gasteiger partial charge is 0.268 e. The van der Waals surface area contributed by atoms with Crippen LogP contribution >= 0.6 is 15.9 Å². The van der Waals surface area contributed by atoms with Gasteiger partial charge < -0.3 is 10.3 Å². The van der Waals surface area contributed by atoms with Gasteiger partial charge in [0.15, 0.2) is 0 Å². The number of H-pyrrole nitrogens is 1. The number of aromatic nitrogens is 1. The van der Waals surface area contributed by atoms with Gasteiger partial charge in [-0.25, -0.2) is 0 Å². The Bertz CT molecular complexity index is 634. The fourth-order valence-electron chi connectivity index (χ4n) is 1.69. The normalized spacial score (nSPS) is 11.9. The molecule has 0 saturated heterocycles. The van der Waals surface area contributed by atoms with Crippen molar-refractivity contribution in [2.24, 2.45) is 0 Å². The summed E-state index contributed by atoms with van der Waals surface area (Å²) in [5.74, 6) is -0.298. The lowest BCUT2D eigenvalue weighted by molar-refractivity contribution is 0.0934. The molecule has 5 heteroatoms. The molecule has 1 heterocycles. The van der Waals surface area contributed by atoms with Gasteiger partial charge >= 0.3 is 0 Å². The average molecular weight is 321 g/mol. The highest BCUT2D eigenvalue weighted by Crippen LogP contribution is 2.16. The maximum Gasteiger partial charge on any atom is 0.268 e. The van der Waals surface area contributed by atoms with Crippen LogP contribution in [0.4, 0.5) is 0 Å². The van der Waals surface area contributed by atoms with Gasteiger partial charge in [-0.15, -0.1) is 0 Å². The van der Waals surface area contributed by atoms with Crippen molar-refractivity contribution < 1.29 is 4.79 Å². The predicted molar refractivity (Wildman–Crippen MR) is 77.1 cm³/mol.